The molecule has 7 nitrogen and oxygen atoms in total. The van der Waals surface area contributed by atoms with Crippen molar-refractivity contribution in [1.29, 1.82) is 0 Å². The van der Waals surface area contributed by atoms with Crippen molar-refractivity contribution in [2.75, 3.05) is 0 Å². The topological polar surface area (TPSA) is 82.8 Å². The smallest absolute Gasteiger partial charge is 0.283 e. The zero-order valence-electron chi connectivity index (χ0n) is 13.8. The lowest BCUT2D eigenvalue weighted by molar-refractivity contribution is 0.494. The summed E-state index contributed by atoms with van der Waals surface area (Å²) in [6.07, 6.45) is 1.57. The molecule has 3 aromatic heterocycles. The fourth-order valence-corrected chi connectivity index (χ4v) is 3.40. The van der Waals surface area contributed by atoms with Crippen molar-refractivity contribution in [2.45, 2.75) is 24.4 Å². The number of rotatable bonds is 6. The van der Waals surface area contributed by atoms with Crippen molar-refractivity contribution < 1.29 is 8.83 Å². The first-order chi connectivity index (χ1) is 12.7. The third-order valence-electron chi connectivity index (χ3n) is 3.66. The number of hydrogen-bond donors (Lipinski definition) is 0. The lowest BCUT2D eigenvalue weighted by Crippen LogP contribution is -1.99. The zero-order chi connectivity index (χ0) is 17.9. The summed E-state index contributed by atoms with van der Waals surface area (Å²) in [5.74, 6) is 2.71. The Bertz CT molecular complexity index is 995. The molecule has 4 aromatic rings. The van der Waals surface area contributed by atoms with Crippen molar-refractivity contribution in [1.82, 2.24) is 25.0 Å². The molecular formula is C17H14ClN5O2S. The minimum Gasteiger partial charge on any atom is -0.459 e. The van der Waals surface area contributed by atoms with Crippen LogP contribution in [0.25, 0.3) is 23.0 Å². The number of benzene rings is 1. The summed E-state index contributed by atoms with van der Waals surface area (Å²) < 4.78 is 12.9. The Morgan fingerprint density at radius 1 is 1.08 bits per heavy atom. The van der Waals surface area contributed by atoms with E-state index in [1.54, 1.807) is 18.4 Å². The van der Waals surface area contributed by atoms with Gasteiger partial charge in [-0.2, -0.15) is 0 Å². The summed E-state index contributed by atoms with van der Waals surface area (Å²) in [5.41, 5.74) is 0.966. The van der Waals surface area contributed by atoms with Gasteiger partial charge in [0.15, 0.2) is 16.7 Å². The number of thioether (sulfide) groups is 1. The molecule has 0 amide bonds. The van der Waals surface area contributed by atoms with Gasteiger partial charge in [-0.05, 0) is 43.3 Å². The van der Waals surface area contributed by atoms with E-state index in [0.29, 0.717) is 28.3 Å². The Labute approximate surface area is 158 Å². The van der Waals surface area contributed by atoms with Gasteiger partial charge in [0.1, 0.15) is 0 Å². The Morgan fingerprint density at radius 3 is 2.65 bits per heavy atom. The predicted octanol–water partition coefficient (Wildman–Crippen LogP) is 4.55. The second kappa shape index (κ2) is 7.35. The van der Waals surface area contributed by atoms with Crippen molar-refractivity contribution in [3.05, 3.63) is 53.6 Å². The van der Waals surface area contributed by atoms with Crippen LogP contribution >= 0.6 is 23.4 Å². The molecule has 0 aliphatic rings. The SMILES string of the molecule is CCn1c(SCc2nnc(-c3ccco3)o2)nnc1-c1ccc(Cl)cc1. The molecule has 9 heteroatoms. The molecule has 0 spiro atoms. The second-order valence-electron chi connectivity index (χ2n) is 5.32. The first kappa shape index (κ1) is 16.9. The predicted molar refractivity (Wildman–Crippen MR) is 97.7 cm³/mol. The maximum atomic E-state index is 5.96. The molecule has 0 atom stereocenters. The summed E-state index contributed by atoms with van der Waals surface area (Å²) in [4.78, 5) is 0. The van der Waals surface area contributed by atoms with Gasteiger partial charge >= 0.3 is 0 Å². The van der Waals surface area contributed by atoms with Gasteiger partial charge in [0.25, 0.3) is 5.89 Å². The van der Waals surface area contributed by atoms with Crippen LogP contribution in [0.1, 0.15) is 12.8 Å². The van der Waals surface area contributed by atoms with Crippen LogP contribution in [-0.4, -0.2) is 25.0 Å². The first-order valence-corrected chi connectivity index (χ1v) is 9.29. The Morgan fingerprint density at radius 2 is 1.92 bits per heavy atom. The molecule has 0 saturated heterocycles. The first-order valence-electron chi connectivity index (χ1n) is 7.93. The minimum atomic E-state index is 0.365. The molecule has 1 aromatic carbocycles. The van der Waals surface area contributed by atoms with Gasteiger partial charge in [-0.1, -0.05) is 23.4 Å². The van der Waals surface area contributed by atoms with Crippen LogP contribution in [0.15, 0.2) is 56.7 Å². The standard InChI is InChI=1S/C17H14ClN5O2S/c1-2-23-15(11-5-7-12(18)8-6-11)20-22-17(23)26-10-14-19-21-16(25-14)13-4-3-9-24-13/h3-9H,2,10H2,1H3. The van der Waals surface area contributed by atoms with E-state index in [1.165, 1.54) is 11.8 Å². The third-order valence-corrected chi connectivity index (χ3v) is 4.86. The molecule has 26 heavy (non-hydrogen) atoms. The van der Waals surface area contributed by atoms with E-state index < -0.39 is 0 Å². The van der Waals surface area contributed by atoms with Crippen molar-refractivity contribution >= 4 is 23.4 Å². The number of aromatic nitrogens is 5. The molecule has 0 radical (unpaired) electrons. The van der Waals surface area contributed by atoms with Crippen LogP contribution in [0.5, 0.6) is 0 Å². The monoisotopic (exact) mass is 387 g/mol. The van der Waals surface area contributed by atoms with E-state index in [9.17, 15) is 0 Å². The van der Waals surface area contributed by atoms with Crippen molar-refractivity contribution in [3.63, 3.8) is 0 Å². The molecule has 0 aliphatic heterocycles. The highest BCUT2D eigenvalue weighted by Gasteiger charge is 2.16. The van der Waals surface area contributed by atoms with Gasteiger partial charge in [-0.25, -0.2) is 0 Å². The number of halogens is 1. The maximum absolute atomic E-state index is 5.96. The lowest BCUT2D eigenvalue weighted by atomic mass is 10.2. The summed E-state index contributed by atoms with van der Waals surface area (Å²) in [6.45, 7) is 2.79. The number of nitrogens with zero attached hydrogens (tertiary/aromatic N) is 5. The largest absolute Gasteiger partial charge is 0.459 e. The molecule has 0 bridgehead atoms. The van der Waals surface area contributed by atoms with Crippen LogP contribution < -0.4 is 0 Å². The van der Waals surface area contributed by atoms with E-state index in [0.717, 1.165) is 23.1 Å². The van der Waals surface area contributed by atoms with E-state index >= 15 is 0 Å². The van der Waals surface area contributed by atoms with E-state index in [2.05, 4.69) is 27.3 Å². The summed E-state index contributed by atoms with van der Waals surface area (Å²) in [5, 5.41) is 18.1. The molecule has 4 rings (SSSR count). The second-order valence-corrected chi connectivity index (χ2v) is 6.70. The minimum absolute atomic E-state index is 0.365. The normalized spacial score (nSPS) is 11.2. The van der Waals surface area contributed by atoms with Crippen LogP contribution in [0.3, 0.4) is 0 Å². The summed E-state index contributed by atoms with van der Waals surface area (Å²) >= 11 is 7.45. The van der Waals surface area contributed by atoms with Gasteiger partial charge < -0.3 is 13.4 Å². The molecule has 132 valence electrons. The Kier molecular flexibility index (Phi) is 4.77. The number of hydrogen-bond acceptors (Lipinski definition) is 7. The molecule has 0 unspecified atom stereocenters. The van der Waals surface area contributed by atoms with E-state index in [-0.39, 0.29) is 0 Å². The summed E-state index contributed by atoms with van der Waals surface area (Å²) in [7, 11) is 0. The fourth-order valence-electron chi connectivity index (χ4n) is 2.43. The zero-order valence-corrected chi connectivity index (χ0v) is 15.4. The van der Waals surface area contributed by atoms with Gasteiger partial charge in [-0.15, -0.1) is 20.4 Å². The highest BCUT2D eigenvalue weighted by molar-refractivity contribution is 7.98. The Balaban J connectivity index is 1.51. The average Bonchev–Trinajstić information content (AvgIpc) is 3.40. The van der Waals surface area contributed by atoms with Crippen molar-refractivity contribution in [3.8, 4) is 23.0 Å². The number of furan rings is 1. The highest BCUT2D eigenvalue weighted by atomic mass is 35.5. The highest BCUT2D eigenvalue weighted by Crippen LogP contribution is 2.27. The fraction of sp³-hybridized carbons (Fsp3) is 0.176. The van der Waals surface area contributed by atoms with E-state index in [1.807, 2.05) is 28.8 Å². The molecule has 3 heterocycles. The average molecular weight is 388 g/mol. The molecule has 0 N–H and O–H groups in total. The van der Waals surface area contributed by atoms with Gasteiger partial charge in [0.05, 0.1) is 12.0 Å². The molecular weight excluding hydrogens is 374 g/mol. The van der Waals surface area contributed by atoms with Gasteiger partial charge in [-0.3, -0.25) is 0 Å². The molecule has 0 fully saturated rings. The van der Waals surface area contributed by atoms with Gasteiger partial charge in [0, 0.05) is 17.1 Å². The quantitative estimate of drug-likeness (QED) is 0.448. The van der Waals surface area contributed by atoms with Crippen LogP contribution in [0.2, 0.25) is 5.02 Å². The molecule has 0 aliphatic carbocycles. The van der Waals surface area contributed by atoms with Gasteiger partial charge in [0.2, 0.25) is 5.89 Å². The van der Waals surface area contributed by atoms with Crippen LogP contribution in [0.4, 0.5) is 0 Å². The molecule has 0 saturated carbocycles. The van der Waals surface area contributed by atoms with Crippen molar-refractivity contribution in [2.24, 2.45) is 0 Å². The van der Waals surface area contributed by atoms with E-state index in [4.69, 9.17) is 20.4 Å². The van der Waals surface area contributed by atoms with Crippen LogP contribution in [0, 0.1) is 0 Å². The maximum Gasteiger partial charge on any atom is 0.283 e. The third kappa shape index (κ3) is 3.38. The van der Waals surface area contributed by atoms with Crippen LogP contribution in [-0.2, 0) is 12.3 Å². The Hall–Kier alpha value is -2.58. The summed E-state index contributed by atoms with van der Waals surface area (Å²) in [6, 6.07) is 11.1. The lowest BCUT2D eigenvalue weighted by Gasteiger charge is -2.06.